The van der Waals surface area contributed by atoms with Gasteiger partial charge in [-0.2, -0.15) is 4.37 Å². The highest BCUT2D eigenvalue weighted by Crippen LogP contribution is 2.43. The fourth-order valence-corrected chi connectivity index (χ4v) is 3.91. The number of aromatic nitrogens is 1. The van der Waals surface area contributed by atoms with Crippen molar-refractivity contribution in [3.63, 3.8) is 0 Å². The Bertz CT molecular complexity index is 959. The summed E-state index contributed by atoms with van der Waals surface area (Å²) in [4.78, 5) is 6.49. The summed E-state index contributed by atoms with van der Waals surface area (Å²) in [7, 11) is 1.98. The maximum absolute atomic E-state index is 6.43. The van der Waals surface area contributed by atoms with Gasteiger partial charge >= 0.3 is 0 Å². The van der Waals surface area contributed by atoms with Gasteiger partial charge in [0.1, 0.15) is 11.4 Å². The van der Waals surface area contributed by atoms with Gasteiger partial charge < -0.3 is 9.64 Å². The molecule has 0 bridgehead atoms. The Balaban J connectivity index is 1.85. The standard InChI is InChI=1S/C20H19BrClN3OS/c1-4-25(3)12-23-16-11-15(22)17(10-13(16)2)26-20-18(21)19(24-27-20)14-8-6-5-7-9-14/h5-12H,4H2,1-3H3/b23-12+. The van der Waals surface area contributed by atoms with Crippen molar-refractivity contribution in [2.24, 2.45) is 4.99 Å². The quantitative estimate of drug-likeness (QED) is 0.293. The van der Waals surface area contributed by atoms with Crippen LogP contribution in [0.15, 0.2) is 51.9 Å². The van der Waals surface area contributed by atoms with Crippen molar-refractivity contribution in [2.45, 2.75) is 13.8 Å². The van der Waals surface area contributed by atoms with E-state index >= 15 is 0 Å². The van der Waals surface area contributed by atoms with E-state index in [9.17, 15) is 0 Å². The van der Waals surface area contributed by atoms with Gasteiger partial charge in [0.25, 0.3) is 0 Å². The molecule has 0 aliphatic heterocycles. The Morgan fingerprint density at radius 1 is 1.30 bits per heavy atom. The van der Waals surface area contributed by atoms with E-state index in [4.69, 9.17) is 16.3 Å². The molecule has 1 heterocycles. The third-order valence-electron chi connectivity index (χ3n) is 4.00. The summed E-state index contributed by atoms with van der Waals surface area (Å²) >= 11 is 11.3. The average molecular weight is 465 g/mol. The van der Waals surface area contributed by atoms with Gasteiger partial charge in [-0.1, -0.05) is 41.9 Å². The van der Waals surface area contributed by atoms with Gasteiger partial charge in [0, 0.05) is 30.7 Å². The molecule has 0 radical (unpaired) electrons. The third kappa shape index (κ3) is 4.69. The van der Waals surface area contributed by atoms with Crippen molar-refractivity contribution in [3.05, 3.63) is 57.5 Å². The molecule has 140 valence electrons. The lowest BCUT2D eigenvalue weighted by Gasteiger charge is -2.11. The third-order valence-corrected chi connectivity index (χ3v) is 6.02. The van der Waals surface area contributed by atoms with E-state index in [0.29, 0.717) is 15.8 Å². The Morgan fingerprint density at radius 3 is 2.74 bits per heavy atom. The lowest BCUT2D eigenvalue weighted by molar-refractivity contribution is 0.494. The predicted molar refractivity (Wildman–Crippen MR) is 118 cm³/mol. The zero-order valence-corrected chi connectivity index (χ0v) is 18.4. The second-order valence-corrected chi connectivity index (χ2v) is 7.92. The molecule has 0 aliphatic carbocycles. The van der Waals surface area contributed by atoms with Crippen LogP contribution in [0.2, 0.25) is 5.02 Å². The second kappa shape index (κ2) is 8.87. The summed E-state index contributed by atoms with van der Waals surface area (Å²) in [5.41, 5.74) is 3.69. The second-order valence-electron chi connectivity index (χ2n) is 5.99. The number of rotatable bonds is 6. The Hall–Kier alpha value is -1.89. The van der Waals surface area contributed by atoms with Gasteiger partial charge in [0.05, 0.1) is 21.5 Å². The molecule has 0 saturated heterocycles. The Kier molecular flexibility index (Phi) is 6.52. The van der Waals surface area contributed by atoms with E-state index in [1.165, 1.54) is 11.5 Å². The summed E-state index contributed by atoms with van der Waals surface area (Å²) in [5.74, 6) is 0.584. The molecule has 7 heteroatoms. The number of hydrogen-bond acceptors (Lipinski definition) is 4. The molecular weight excluding hydrogens is 446 g/mol. The molecule has 27 heavy (non-hydrogen) atoms. The van der Waals surface area contributed by atoms with Gasteiger partial charge in [0.15, 0.2) is 0 Å². The van der Waals surface area contributed by atoms with Gasteiger partial charge in [0.2, 0.25) is 5.06 Å². The average Bonchev–Trinajstić information content (AvgIpc) is 3.04. The molecule has 0 amide bonds. The van der Waals surface area contributed by atoms with Crippen molar-refractivity contribution in [2.75, 3.05) is 13.6 Å². The zero-order valence-electron chi connectivity index (χ0n) is 15.2. The lowest BCUT2D eigenvalue weighted by Crippen LogP contribution is -2.14. The van der Waals surface area contributed by atoms with Crippen molar-refractivity contribution in [3.8, 4) is 22.1 Å². The number of halogens is 2. The summed E-state index contributed by atoms with van der Waals surface area (Å²) < 4.78 is 11.4. The molecule has 0 spiro atoms. The van der Waals surface area contributed by atoms with Crippen molar-refractivity contribution in [1.82, 2.24) is 9.27 Å². The molecule has 1 aromatic heterocycles. The normalized spacial score (nSPS) is 11.1. The minimum absolute atomic E-state index is 0.508. The maximum Gasteiger partial charge on any atom is 0.215 e. The number of ether oxygens (including phenoxy) is 1. The SMILES string of the molecule is CCN(C)/C=N/c1cc(Cl)c(Oc2snc(-c3ccccc3)c2Br)cc1C. The van der Waals surface area contributed by atoms with Crippen LogP contribution in [0, 0.1) is 6.92 Å². The van der Waals surface area contributed by atoms with E-state index in [1.54, 1.807) is 6.34 Å². The van der Waals surface area contributed by atoms with Crippen molar-refractivity contribution in [1.29, 1.82) is 0 Å². The van der Waals surface area contributed by atoms with Crippen LogP contribution in [0.5, 0.6) is 10.8 Å². The first-order chi connectivity index (χ1) is 13.0. The molecule has 0 unspecified atom stereocenters. The summed E-state index contributed by atoms with van der Waals surface area (Å²) in [6.07, 6.45) is 1.80. The largest absolute Gasteiger partial charge is 0.442 e. The molecule has 2 aromatic carbocycles. The highest BCUT2D eigenvalue weighted by atomic mass is 79.9. The molecule has 0 saturated carbocycles. The van der Waals surface area contributed by atoms with E-state index in [-0.39, 0.29) is 0 Å². The smallest absolute Gasteiger partial charge is 0.215 e. The van der Waals surface area contributed by atoms with Crippen LogP contribution in [-0.2, 0) is 0 Å². The van der Waals surface area contributed by atoms with Crippen LogP contribution >= 0.6 is 39.1 Å². The van der Waals surface area contributed by atoms with Crippen molar-refractivity contribution >= 4 is 51.1 Å². The summed E-state index contributed by atoms with van der Waals surface area (Å²) in [6.45, 7) is 4.94. The number of hydrogen-bond donors (Lipinski definition) is 0. The first-order valence-corrected chi connectivity index (χ1v) is 10.4. The van der Waals surface area contributed by atoms with Crippen LogP contribution in [0.3, 0.4) is 0 Å². The molecule has 0 atom stereocenters. The maximum atomic E-state index is 6.43. The van der Waals surface area contributed by atoms with Crippen molar-refractivity contribution < 1.29 is 4.74 Å². The van der Waals surface area contributed by atoms with Gasteiger partial charge in [-0.05, 0) is 47.5 Å². The van der Waals surface area contributed by atoms with Crippen LogP contribution in [0.4, 0.5) is 5.69 Å². The van der Waals surface area contributed by atoms with E-state index in [2.05, 4.69) is 32.2 Å². The Morgan fingerprint density at radius 2 is 2.04 bits per heavy atom. The minimum atomic E-state index is 0.508. The van der Waals surface area contributed by atoms with Gasteiger partial charge in [-0.15, -0.1) is 0 Å². The zero-order chi connectivity index (χ0) is 19.4. The monoisotopic (exact) mass is 463 g/mol. The fourth-order valence-electron chi connectivity index (χ4n) is 2.31. The number of benzene rings is 2. The molecule has 0 N–H and O–H groups in total. The molecule has 3 aromatic rings. The fraction of sp³-hybridized carbons (Fsp3) is 0.200. The summed E-state index contributed by atoms with van der Waals surface area (Å²) in [5, 5.41) is 1.17. The molecule has 3 rings (SSSR count). The van der Waals surface area contributed by atoms with Crippen LogP contribution < -0.4 is 4.74 Å². The number of nitrogens with zero attached hydrogens (tertiary/aromatic N) is 3. The lowest BCUT2D eigenvalue weighted by atomic mass is 10.1. The molecule has 0 fully saturated rings. The van der Waals surface area contributed by atoms with E-state index < -0.39 is 0 Å². The predicted octanol–water partition coefficient (Wildman–Crippen LogP) is 6.94. The number of aryl methyl sites for hydroxylation is 1. The van der Waals surface area contributed by atoms with Gasteiger partial charge in [-0.3, -0.25) is 0 Å². The van der Waals surface area contributed by atoms with Crippen LogP contribution in [-0.4, -0.2) is 29.2 Å². The highest BCUT2D eigenvalue weighted by molar-refractivity contribution is 9.10. The first kappa shape index (κ1) is 19.9. The van der Waals surface area contributed by atoms with E-state index in [1.807, 2.05) is 61.3 Å². The number of aliphatic imine (C=N–C) groups is 1. The molecular formula is C20H19BrClN3OS. The minimum Gasteiger partial charge on any atom is -0.442 e. The highest BCUT2D eigenvalue weighted by Gasteiger charge is 2.16. The van der Waals surface area contributed by atoms with Gasteiger partial charge in [-0.25, -0.2) is 4.99 Å². The Labute approximate surface area is 176 Å². The van der Waals surface area contributed by atoms with Crippen LogP contribution in [0.25, 0.3) is 11.3 Å². The molecule has 0 aliphatic rings. The molecule has 4 nitrogen and oxygen atoms in total. The first-order valence-electron chi connectivity index (χ1n) is 8.42. The summed E-state index contributed by atoms with van der Waals surface area (Å²) in [6, 6.07) is 13.7. The van der Waals surface area contributed by atoms with E-state index in [0.717, 1.165) is 33.5 Å². The van der Waals surface area contributed by atoms with Crippen LogP contribution in [0.1, 0.15) is 12.5 Å². The topological polar surface area (TPSA) is 37.7 Å².